The van der Waals surface area contributed by atoms with Gasteiger partial charge < -0.3 is 10.0 Å². The van der Waals surface area contributed by atoms with Gasteiger partial charge in [0.25, 0.3) is 0 Å². The second kappa shape index (κ2) is 3.58. The summed E-state index contributed by atoms with van der Waals surface area (Å²) < 4.78 is 0. The molecule has 0 aromatic heterocycles. The van der Waals surface area contributed by atoms with E-state index >= 15 is 0 Å². The summed E-state index contributed by atoms with van der Waals surface area (Å²) in [5, 5.41) is 9.62. The summed E-state index contributed by atoms with van der Waals surface area (Å²) in [6.07, 6.45) is 5.90. The van der Waals surface area contributed by atoms with E-state index in [0.29, 0.717) is 6.04 Å². The minimum Gasteiger partial charge on any atom is -0.393 e. The Balaban J connectivity index is 1.93. The number of nitrogens with zero attached hydrogens (tertiary/aromatic N) is 1. The van der Waals surface area contributed by atoms with Crippen LogP contribution < -0.4 is 0 Å². The summed E-state index contributed by atoms with van der Waals surface area (Å²) in [5.74, 6) is 0.772. The van der Waals surface area contributed by atoms with E-state index < -0.39 is 0 Å². The van der Waals surface area contributed by atoms with Gasteiger partial charge in [0, 0.05) is 12.1 Å². The van der Waals surface area contributed by atoms with E-state index in [-0.39, 0.29) is 6.10 Å². The molecule has 0 saturated heterocycles. The zero-order valence-corrected chi connectivity index (χ0v) is 8.74. The Labute approximate surface area is 80.9 Å². The quantitative estimate of drug-likeness (QED) is 0.703. The molecule has 2 rings (SSSR count). The first-order valence-electron chi connectivity index (χ1n) is 5.58. The van der Waals surface area contributed by atoms with Gasteiger partial charge in [-0.15, -0.1) is 0 Å². The molecule has 13 heavy (non-hydrogen) atoms. The van der Waals surface area contributed by atoms with Gasteiger partial charge in [0.2, 0.25) is 0 Å². The lowest BCUT2D eigenvalue weighted by Crippen LogP contribution is -2.43. The lowest BCUT2D eigenvalue weighted by Gasteiger charge is -2.38. The second-order valence-electron chi connectivity index (χ2n) is 4.91. The van der Waals surface area contributed by atoms with Gasteiger partial charge in [-0.3, -0.25) is 0 Å². The van der Waals surface area contributed by atoms with Crippen molar-refractivity contribution in [1.29, 1.82) is 0 Å². The normalized spacial score (nSPS) is 41.1. The van der Waals surface area contributed by atoms with E-state index in [2.05, 4.69) is 18.9 Å². The third kappa shape index (κ3) is 2.05. The fourth-order valence-electron chi connectivity index (χ4n) is 2.60. The van der Waals surface area contributed by atoms with Crippen LogP contribution in [-0.2, 0) is 0 Å². The van der Waals surface area contributed by atoms with E-state index in [0.717, 1.165) is 24.8 Å². The van der Waals surface area contributed by atoms with Crippen LogP contribution in [0.25, 0.3) is 0 Å². The molecular weight excluding hydrogens is 162 g/mol. The molecule has 0 heterocycles. The van der Waals surface area contributed by atoms with Crippen molar-refractivity contribution in [3.63, 3.8) is 0 Å². The van der Waals surface area contributed by atoms with Gasteiger partial charge in [-0.2, -0.15) is 0 Å². The van der Waals surface area contributed by atoms with Crippen molar-refractivity contribution in [2.45, 2.75) is 57.2 Å². The number of hydrogen-bond donors (Lipinski definition) is 1. The first-order chi connectivity index (χ1) is 6.18. The smallest absolute Gasteiger partial charge is 0.0555 e. The average Bonchev–Trinajstić information content (AvgIpc) is 2.91. The summed E-state index contributed by atoms with van der Waals surface area (Å²) in [6, 6.07) is 1.47. The number of rotatable bonds is 2. The predicted octanol–water partition coefficient (Wildman–Crippen LogP) is 1.63. The summed E-state index contributed by atoms with van der Waals surface area (Å²) in [4.78, 5) is 2.51. The van der Waals surface area contributed by atoms with Crippen molar-refractivity contribution in [3.8, 4) is 0 Å². The molecule has 1 N–H and O–H groups in total. The molecule has 0 amide bonds. The topological polar surface area (TPSA) is 23.5 Å². The van der Waals surface area contributed by atoms with Gasteiger partial charge in [-0.25, -0.2) is 0 Å². The fraction of sp³-hybridized carbons (Fsp3) is 1.00. The Bertz CT molecular complexity index is 179. The van der Waals surface area contributed by atoms with Crippen LogP contribution in [0, 0.1) is 5.92 Å². The molecule has 2 saturated carbocycles. The van der Waals surface area contributed by atoms with Crippen molar-refractivity contribution in [1.82, 2.24) is 4.90 Å². The maximum atomic E-state index is 9.62. The van der Waals surface area contributed by atoms with Crippen LogP contribution in [-0.4, -0.2) is 35.2 Å². The van der Waals surface area contributed by atoms with Crippen LogP contribution in [0.1, 0.15) is 39.0 Å². The van der Waals surface area contributed by atoms with E-state index in [9.17, 15) is 5.11 Å². The first-order valence-corrected chi connectivity index (χ1v) is 5.58. The van der Waals surface area contributed by atoms with E-state index in [1.165, 1.54) is 19.3 Å². The van der Waals surface area contributed by atoms with Gasteiger partial charge in [0.1, 0.15) is 0 Å². The largest absolute Gasteiger partial charge is 0.393 e. The second-order valence-corrected chi connectivity index (χ2v) is 4.91. The van der Waals surface area contributed by atoms with Crippen LogP contribution in [0.2, 0.25) is 0 Å². The lowest BCUT2D eigenvalue weighted by molar-refractivity contribution is 0.0403. The van der Waals surface area contributed by atoms with Crippen molar-refractivity contribution in [2.24, 2.45) is 5.92 Å². The molecule has 2 nitrogen and oxygen atoms in total. The van der Waals surface area contributed by atoms with Crippen LogP contribution >= 0.6 is 0 Å². The molecule has 0 radical (unpaired) electrons. The highest BCUT2D eigenvalue weighted by molar-refractivity contribution is 4.91. The minimum absolute atomic E-state index is 0.0394. The highest BCUT2D eigenvalue weighted by Gasteiger charge is 2.36. The zero-order valence-electron chi connectivity index (χ0n) is 8.74. The molecule has 0 aromatic carbocycles. The molecule has 2 aliphatic carbocycles. The van der Waals surface area contributed by atoms with Gasteiger partial charge >= 0.3 is 0 Å². The van der Waals surface area contributed by atoms with Crippen molar-refractivity contribution < 1.29 is 5.11 Å². The van der Waals surface area contributed by atoms with Crippen LogP contribution in [0.5, 0.6) is 0 Å². The minimum atomic E-state index is -0.0394. The number of aliphatic hydroxyl groups is 1. The Morgan fingerprint density at radius 1 is 1.15 bits per heavy atom. The standard InChI is InChI=1S/C11H21NO/c1-8-3-6-10(13)7-11(8)12(2)9-4-5-9/h8-11,13H,3-7H2,1-2H3. The molecule has 0 bridgehead atoms. The molecule has 76 valence electrons. The Morgan fingerprint density at radius 2 is 1.85 bits per heavy atom. The van der Waals surface area contributed by atoms with Crippen LogP contribution in [0.15, 0.2) is 0 Å². The Kier molecular flexibility index (Phi) is 2.61. The maximum absolute atomic E-state index is 9.62. The number of aliphatic hydroxyl groups excluding tert-OH is 1. The van der Waals surface area contributed by atoms with Crippen molar-refractivity contribution in [2.75, 3.05) is 7.05 Å². The van der Waals surface area contributed by atoms with Gasteiger partial charge in [-0.1, -0.05) is 6.92 Å². The molecule has 3 atom stereocenters. The van der Waals surface area contributed by atoms with Gasteiger partial charge in [0.05, 0.1) is 6.10 Å². The number of hydrogen-bond acceptors (Lipinski definition) is 2. The summed E-state index contributed by atoms with van der Waals surface area (Å²) in [5.41, 5.74) is 0. The molecule has 3 unspecified atom stereocenters. The van der Waals surface area contributed by atoms with Crippen LogP contribution in [0.4, 0.5) is 0 Å². The third-order valence-corrected chi connectivity index (χ3v) is 3.77. The highest BCUT2D eigenvalue weighted by atomic mass is 16.3. The first kappa shape index (κ1) is 9.47. The Morgan fingerprint density at radius 3 is 2.46 bits per heavy atom. The van der Waals surface area contributed by atoms with Crippen molar-refractivity contribution in [3.05, 3.63) is 0 Å². The van der Waals surface area contributed by atoms with E-state index in [1.54, 1.807) is 0 Å². The van der Waals surface area contributed by atoms with Gasteiger partial charge in [0.15, 0.2) is 0 Å². The zero-order chi connectivity index (χ0) is 9.42. The molecule has 2 aliphatic rings. The monoisotopic (exact) mass is 183 g/mol. The van der Waals surface area contributed by atoms with E-state index in [1.807, 2.05) is 0 Å². The molecule has 0 aliphatic heterocycles. The highest BCUT2D eigenvalue weighted by Crippen LogP contribution is 2.34. The summed E-state index contributed by atoms with van der Waals surface area (Å²) in [6.45, 7) is 2.33. The average molecular weight is 183 g/mol. The van der Waals surface area contributed by atoms with Crippen molar-refractivity contribution >= 4 is 0 Å². The molecule has 0 spiro atoms. The molecule has 2 fully saturated rings. The summed E-state index contributed by atoms with van der Waals surface area (Å²) in [7, 11) is 2.23. The maximum Gasteiger partial charge on any atom is 0.0555 e. The summed E-state index contributed by atoms with van der Waals surface area (Å²) >= 11 is 0. The van der Waals surface area contributed by atoms with E-state index in [4.69, 9.17) is 0 Å². The van der Waals surface area contributed by atoms with Gasteiger partial charge in [-0.05, 0) is 45.1 Å². The SMILES string of the molecule is CC1CCC(O)CC1N(C)C1CC1. The molecule has 2 heteroatoms. The fourth-order valence-corrected chi connectivity index (χ4v) is 2.60. The molecule has 0 aromatic rings. The lowest BCUT2D eigenvalue weighted by atomic mass is 9.83. The molecular formula is C11H21NO. The predicted molar refractivity (Wildman–Crippen MR) is 53.6 cm³/mol. The Hall–Kier alpha value is -0.0800. The third-order valence-electron chi connectivity index (χ3n) is 3.77. The van der Waals surface area contributed by atoms with Crippen LogP contribution in [0.3, 0.4) is 0 Å².